The molecule has 1 aliphatic rings. The Hall–Kier alpha value is -1.75. The van der Waals surface area contributed by atoms with Gasteiger partial charge in [0.15, 0.2) is 5.54 Å². The number of rotatable bonds is 8. The molecule has 0 amide bonds. The Kier molecular flexibility index (Phi) is 5.07. The van der Waals surface area contributed by atoms with E-state index in [1.165, 1.54) is 0 Å². The lowest BCUT2D eigenvalue weighted by Gasteiger charge is -2.31. The zero-order valence-electron chi connectivity index (χ0n) is 12.8. The molecule has 0 radical (unpaired) electrons. The summed E-state index contributed by atoms with van der Waals surface area (Å²) in [5, 5.41) is 3.13. The summed E-state index contributed by atoms with van der Waals surface area (Å²) in [7, 11) is 3.39. The number of methoxy groups -OCH3 is 1. The van der Waals surface area contributed by atoms with Gasteiger partial charge in [-0.2, -0.15) is 0 Å². The molecule has 21 heavy (non-hydrogen) atoms. The second-order valence-corrected chi connectivity index (χ2v) is 5.18. The van der Waals surface area contributed by atoms with Crippen LogP contribution in [0, 0.1) is 5.92 Å². The molecule has 0 aromatic heterocycles. The summed E-state index contributed by atoms with van der Waals surface area (Å²) in [6.07, 6.45) is 2.03. The molecule has 1 fully saturated rings. The number of hydrogen-bond acceptors (Lipinski definition) is 5. The minimum atomic E-state index is -0.765. The molecule has 1 aliphatic carbocycles. The van der Waals surface area contributed by atoms with Crippen molar-refractivity contribution in [1.82, 2.24) is 5.32 Å². The number of likely N-dealkylation sites (N-methyl/N-ethyl adjacent to an activating group) is 1. The minimum Gasteiger partial charge on any atom is -0.497 e. The Morgan fingerprint density at radius 1 is 1.38 bits per heavy atom. The Labute approximate surface area is 125 Å². The van der Waals surface area contributed by atoms with E-state index < -0.39 is 5.54 Å². The van der Waals surface area contributed by atoms with Gasteiger partial charge in [-0.25, -0.2) is 4.79 Å². The normalized spacial score (nSPS) is 16.9. The van der Waals surface area contributed by atoms with E-state index in [1.54, 1.807) is 20.2 Å². The van der Waals surface area contributed by atoms with Gasteiger partial charge >= 0.3 is 5.97 Å². The van der Waals surface area contributed by atoms with Crippen LogP contribution in [0.4, 0.5) is 0 Å². The predicted octanol–water partition coefficient (Wildman–Crippen LogP) is 2.01. The van der Waals surface area contributed by atoms with Gasteiger partial charge in [-0.15, -0.1) is 0 Å². The number of benzene rings is 1. The quantitative estimate of drug-likeness (QED) is 0.743. The van der Waals surface area contributed by atoms with Crippen molar-refractivity contribution in [3.05, 3.63) is 24.3 Å². The molecule has 0 bridgehead atoms. The summed E-state index contributed by atoms with van der Waals surface area (Å²) < 4.78 is 16.2. The molecular weight excluding hydrogens is 270 g/mol. The number of carbonyl (C=O) groups is 1. The summed E-state index contributed by atoms with van der Waals surface area (Å²) in [6, 6.07) is 7.36. The summed E-state index contributed by atoms with van der Waals surface area (Å²) in [5.41, 5.74) is -0.765. The zero-order valence-corrected chi connectivity index (χ0v) is 12.8. The lowest BCUT2D eigenvalue weighted by atomic mass is 9.94. The van der Waals surface area contributed by atoms with Crippen molar-refractivity contribution < 1.29 is 19.0 Å². The van der Waals surface area contributed by atoms with Crippen LogP contribution in [0.5, 0.6) is 11.5 Å². The van der Waals surface area contributed by atoms with E-state index in [0.717, 1.165) is 18.6 Å². The Morgan fingerprint density at radius 3 is 2.67 bits per heavy atom. The fourth-order valence-electron chi connectivity index (χ4n) is 2.45. The molecule has 2 rings (SSSR count). The first-order valence-corrected chi connectivity index (χ1v) is 7.29. The molecule has 1 aromatic rings. The molecule has 0 heterocycles. The van der Waals surface area contributed by atoms with E-state index in [2.05, 4.69) is 5.32 Å². The molecule has 1 aromatic carbocycles. The average Bonchev–Trinajstić information content (AvgIpc) is 3.34. The summed E-state index contributed by atoms with van der Waals surface area (Å²) in [4.78, 5) is 12.3. The van der Waals surface area contributed by atoms with E-state index in [1.807, 2.05) is 25.1 Å². The summed E-state index contributed by atoms with van der Waals surface area (Å²) in [6.45, 7) is 2.43. The van der Waals surface area contributed by atoms with Crippen LogP contribution in [0.15, 0.2) is 24.3 Å². The van der Waals surface area contributed by atoms with Crippen molar-refractivity contribution in [3.8, 4) is 11.5 Å². The minimum absolute atomic E-state index is 0.238. The maximum Gasteiger partial charge on any atom is 0.330 e. The van der Waals surface area contributed by atoms with Gasteiger partial charge in [0.1, 0.15) is 18.1 Å². The second kappa shape index (κ2) is 6.80. The average molecular weight is 293 g/mol. The largest absolute Gasteiger partial charge is 0.497 e. The van der Waals surface area contributed by atoms with Gasteiger partial charge in [-0.1, -0.05) is 6.07 Å². The standard InChI is InChI=1S/C16H23NO4/c1-4-20-15(18)16(17-2,12-8-9-12)11-21-14-7-5-6-13(10-14)19-3/h5-7,10,12,17H,4,8-9,11H2,1-3H3. The topological polar surface area (TPSA) is 56.8 Å². The SMILES string of the molecule is CCOC(=O)C(COc1cccc(OC)c1)(NC)C1CC1. The fraction of sp³-hybridized carbons (Fsp3) is 0.562. The third kappa shape index (κ3) is 3.47. The van der Waals surface area contributed by atoms with Crippen molar-refractivity contribution in [3.63, 3.8) is 0 Å². The maximum absolute atomic E-state index is 12.3. The van der Waals surface area contributed by atoms with Crippen LogP contribution < -0.4 is 14.8 Å². The van der Waals surface area contributed by atoms with Gasteiger partial charge < -0.3 is 19.5 Å². The molecule has 0 aliphatic heterocycles. The number of nitrogens with one attached hydrogen (secondary N) is 1. The first-order chi connectivity index (χ1) is 10.2. The molecule has 1 unspecified atom stereocenters. The highest BCUT2D eigenvalue weighted by molar-refractivity contribution is 5.82. The number of ether oxygens (including phenoxy) is 3. The highest BCUT2D eigenvalue weighted by Gasteiger charge is 2.52. The highest BCUT2D eigenvalue weighted by Crippen LogP contribution is 2.40. The molecule has 116 valence electrons. The molecular formula is C16H23NO4. The molecule has 5 nitrogen and oxygen atoms in total. The van der Waals surface area contributed by atoms with Gasteiger partial charge in [0.2, 0.25) is 0 Å². The van der Waals surface area contributed by atoms with Gasteiger partial charge in [0, 0.05) is 6.07 Å². The summed E-state index contributed by atoms with van der Waals surface area (Å²) in [5.74, 6) is 1.44. The Balaban J connectivity index is 2.09. The number of esters is 1. The first-order valence-electron chi connectivity index (χ1n) is 7.29. The lowest BCUT2D eigenvalue weighted by molar-refractivity contribution is -0.153. The van der Waals surface area contributed by atoms with Gasteiger partial charge in [-0.05, 0) is 44.9 Å². The second-order valence-electron chi connectivity index (χ2n) is 5.18. The van der Waals surface area contributed by atoms with Crippen molar-refractivity contribution >= 4 is 5.97 Å². The lowest BCUT2D eigenvalue weighted by Crippen LogP contribution is -2.57. The van der Waals surface area contributed by atoms with Crippen LogP contribution in [-0.2, 0) is 9.53 Å². The van der Waals surface area contributed by atoms with Gasteiger partial charge in [0.05, 0.1) is 13.7 Å². The molecule has 0 saturated heterocycles. The molecule has 5 heteroatoms. The third-order valence-electron chi connectivity index (χ3n) is 3.87. The molecule has 1 N–H and O–H groups in total. The molecule has 1 atom stereocenters. The summed E-state index contributed by atoms with van der Waals surface area (Å²) >= 11 is 0. The van der Waals surface area contributed by atoms with E-state index in [0.29, 0.717) is 12.4 Å². The highest BCUT2D eigenvalue weighted by atomic mass is 16.5. The van der Waals surface area contributed by atoms with Crippen molar-refractivity contribution in [2.75, 3.05) is 27.4 Å². The Morgan fingerprint density at radius 2 is 2.10 bits per heavy atom. The smallest absolute Gasteiger partial charge is 0.330 e. The van der Waals surface area contributed by atoms with Crippen LogP contribution in [0.25, 0.3) is 0 Å². The van der Waals surface area contributed by atoms with Crippen molar-refractivity contribution in [2.45, 2.75) is 25.3 Å². The number of carbonyl (C=O) groups excluding carboxylic acids is 1. The van der Waals surface area contributed by atoms with E-state index in [-0.39, 0.29) is 18.5 Å². The van der Waals surface area contributed by atoms with Crippen LogP contribution >= 0.6 is 0 Å². The third-order valence-corrected chi connectivity index (χ3v) is 3.87. The van der Waals surface area contributed by atoms with Gasteiger partial charge in [0.25, 0.3) is 0 Å². The zero-order chi connectivity index (χ0) is 15.3. The van der Waals surface area contributed by atoms with Crippen molar-refractivity contribution in [2.24, 2.45) is 5.92 Å². The predicted molar refractivity (Wildman–Crippen MR) is 79.6 cm³/mol. The maximum atomic E-state index is 12.3. The monoisotopic (exact) mass is 293 g/mol. The first kappa shape index (κ1) is 15.6. The number of hydrogen-bond donors (Lipinski definition) is 1. The van der Waals surface area contributed by atoms with Crippen LogP contribution in [0.1, 0.15) is 19.8 Å². The molecule has 1 saturated carbocycles. The van der Waals surface area contributed by atoms with E-state index in [4.69, 9.17) is 14.2 Å². The van der Waals surface area contributed by atoms with Gasteiger partial charge in [-0.3, -0.25) is 0 Å². The fourth-order valence-corrected chi connectivity index (χ4v) is 2.45. The van der Waals surface area contributed by atoms with E-state index >= 15 is 0 Å². The molecule has 0 spiro atoms. The van der Waals surface area contributed by atoms with Crippen LogP contribution in [0.2, 0.25) is 0 Å². The van der Waals surface area contributed by atoms with E-state index in [9.17, 15) is 4.79 Å². The Bertz CT molecular complexity index is 487. The van der Waals surface area contributed by atoms with Crippen LogP contribution in [-0.4, -0.2) is 38.9 Å². The van der Waals surface area contributed by atoms with Crippen molar-refractivity contribution in [1.29, 1.82) is 0 Å². The van der Waals surface area contributed by atoms with Crippen LogP contribution in [0.3, 0.4) is 0 Å².